The molecule has 0 aliphatic carbocycles. The molecule has 0 N–H and O–H groups in total. The molecular weight excluding hydrogens is 260 g/mol. The predicted octanol–water partition coefficient (Wildman–Crippen LogP) is 2.18. The highest BCUT2D eigenvalue weighted by Crippen LogP contribution is 2.05. The number of Topliss-reactive ketones (excluding diaryl/α,β-unsaturated/α-hetero) is 1. The van der Waals surface area contributed by atoms with Gasteiger partial charge in [0.2, 0.25) is 5.91 Å². The molecule has 0 fully saturated rings. The highest BCUT2D eigenvalue weighted by Gasteiger charge is 2.08. The zero-order chi connectivity index (χ0) is 13.7. The minimum Gasteiger partial charge on any atom is -0.327 e. The molecule has 0 radical (unpaired) electrons. The lowest BCUT2D eigenvalue weighted by atomic mass is 10.1. The minimum absolute atomic E-state index is 0.0281. The number of carbonyl (C=O) groups is 2. The lowest BCUT2D eigenvalue weighted by Gasteiger charge is -1.98. The summed E-state index contributed by atoms with van der Waals surface area (Å²) in [6.07, 6.45) is 2.18. The standard InChI is InChI=1S/C14H14N2O2S/c1-16-9-10-19-14(16)15-13(18)8-7-12(17)11-5-3-2-4-6-11/h2-6,9-10H,7-8H2,1H3. The van der Waals surface area contributed by atoms with Crippen LogP contribution in [-0.4, -0.2) is 16.3 Å². The minimum atomic E-state index is -0.262. The summed E-state index contributed by atoms with van der Waals surface area (Å²) in [5.74, 6) is -0.290. The van der Waals surface area contributed by atoms with Crippen molar-refractivity contribution >= 4 is 23.0 Å². The quantitative estimate of drug-likeness (QED) is 0.802. The second-order valence-corrected chi connectivity index (χ2v) is 4.96. The van der Waals surface area contributed by atoms with Gasteiger partial charge in [0.25, 0.3) is 0 Å². The number of rotatable bonds is 4. The van der Waals surface area contributed by atoms with Gasteiger partial charge in [-0.2, -0.15) is 4.99 Å². The number of benzene rings is 1. The van der Waals surface area contributed by atoms with Crippen LogP contribution in [0.5, 0.6) is 0 Å². The van der Waals surface area contributed by atoms with Crippen molar-refractivity contribution in [3.63, 3.8) is 0 Å². The number of aromatic nitrogens is 1. The normalized spacial score (nSPS) is 11.5. The topological polar surface area (TPSA) is 51.4 Å². The summed E-state index contributed by atoms with van der Waals surface area (Å²) in [7, 11) is 1.83. The van der Waals surface area contributed by atoms with Crippen molar-refractivity contribution in [3.8, 4) is 0 Å². The molecule has 98 valence electrons. The Morgan fingerprint density at radius 2 is 1.95 bits per heavy atom. The molecule has 19 heavy (non-hydrogen) atoms. The zero-order valence-corrected chi connectivity index (χ0v) is 11.4. The van der Waals surface area contributed by atoms with Gasteiger partial charge >= 0.3 is 0 Å². The van der Waals surface area contributed by atoms with Gasteiger partial charge in [0.05, 0.1) is 0 Å². The molecule has 4 nitrogen and oxygen atoms in total. The number of hydrogen-bond acceptors (Lipinski definition) is 3. The Labute approximate surface area is 115 Å². The molecular formula is C14H14N2O2S. The Balaban J connectivity index is 1.95. The van der Waals surface area contributed by atoms with Gasteiger partial charge in [-0.05, 0) is 0 Å². The van der Waals surface area contributed by atoms with Gasteiger partial charge in [0, 0.05) is 37.0 Å². The van der Waals surface area contributed by atoms with Crippen molar-refractivity contribution in [2.45, 2.75) is 12.8 Å². The Morgan fingerprint density at radius 3 is 2.58 bits per heavy atom. The predicted molar refractivity (Wildman–Crippen MR) is 73.9 cm³/mol. The van der Waals surface area contributed by atoms with Crippen LogP contribution in [0, 0.1) is 0 Å². The van der Waals surface area contributed by atoms with Crippen molar-refractivity contribution < 1.29 is 9.59 Å². The van der Waals surface area contributed by atoms with Crippen LogP contribution < -0.4 is 4.80 Å². The molecule has 2 aromatic rings. The summed E-state index contributed by atoms with van der Waals surface area (Å²) in [6.45, 7) is 0. The molecule has 1 heterocycles. The summed E-state index contributed by atoms with van der Waals surface area (Å²) in [5, 5.41) is 1.86. The number of amides is 1. The first-order valence-corrected chi connectivity index (χ1v) is 6.81. The number of carbonyl (C=O) groups excluding carboxylic acids is 2. The first-order valence-electron chi connectivity index (χ1n) is 5.93. The van der Waals surface area contributed by atoms with E-state index in [1.807, 2.05) is 36.8 Å². The molecule has 1 aromatic carbocycles. The van der Waals surface area contributed by atoms with Crippen molar-refractivity contribution in [1.29, 1.82) is 0 Å². The molecule has 1 amide bonds. The van der Waals surface area contributed by atoms with E-state index in [2.05, 4.69) is 4.99 Å². The van der Waals surface area contributed by atoms with Gasteiger partial charge < -0.3 is 4.57 Å². The molecule has 0 saturated carbocycles. The van der Waals surface area contributed by atoms with Crippen LogP contribution >= 0.6 is 11.3 Å². The van der Waals surface area contributed by atoms with E-state index < -0.39 is 0 Å². The molecule has 1 aromatic heterocycles. The molecule has 5 heteroatoms. The lowest BCUT2D eigenvalue weighted by molar-refractivity contribution is -0.118. The van der Waals surface area contributed by atoms with Crippen LogP contribution in [0.15, 0.2) is 46.9 Å². The van der Waals surface area contributed by atoms with E-state index in [1.54, 1.807) is 16.7 Å². The van der Waals surface area contributed by atoms with Crippen molar-refractivity contribution in [1.82, 2.24) is 4.57 Å². The van der Waals surface area contributed by atoms with E-state index in [1.165, 1.54) is 11.3 Å². The SMILES string of the molecule is Cn1ccsc1=NC(=O)CCC(=O)c1ccccc1. The van der Waals surface area contributed by atoms with Gasteiger partial charge in [-0.3, -0.25) is 9.59 Å². The third-order valence-corrected chi connectivity index (χ3v) is 3.49. The molecule has 2 rings (SSSR count). The van der Waals surface area contributed by atoms with E-state index >= 15 is 0 Å². The third-order valence-electron chi connectivity index (χ3n) is 2.64. The van der Waals surface area contributed by atoms with Crippen LogP contribution in [0.4, 0.5) is 0 Å². The first-order chi connectivity index (χ1) is 9.16. The van der Waals surface area contributed by atoms with E-state index in [9.17, 15) is 9.59 Å². The van der Waals surface area contributed by atoms with Gasteiger partial charge in [0.15, 0.2) is 10.6 Å². The van der Waals surface area contributed by atoms with Crippen molar-refractivity contribution in [3.05, 3.63) is 52.3 Å². The number of hydrogen-bond donors (Lipinski definition) is 0. The van der Waals surface area contributed by atoms with Crippen LogP contribution in [0.1, 0.15) is 23.2 Å². The number of aryl methyl sites for hydroxylation is 1. The Morgan fingerprint density at radius 1 is 1.21 bits per heavy atom. The Hall–Kier alpha value is -2.01. The molecule has 0 bridgehead atoms. The molecule has 0 spiro atoms. The highest BCUT2D eigenvalue weighted by atomic mass is 32.1. The second-order valence-electron chi connectivity index (χ2n) is 4.09. The van der Waals surface area contributed by atoms with E-state index in [0.717, 1.165) is 0 Å². The molecule has 0 saturated heterocycles. The van der Waals surface area contributed by atoms with Crippen molar-refractivity contribution in [2.24, 2.45) is 12.0 Å². The Kier molecular flexibility index (Phi) is 4.41. The Bertz CT molecular complexity index is 641. The van der Waals surface area contributed by atoms with Gasteiger partial charge in [-0.1, -0.05) is 30.3 Å². The average molecular weight is 274 g/mol. The van der Waals surface area contributed by atoms with E-state index in [-0.39, 0.29) is 24.5 Å². The van der Waals surface area contributed by atoms with Crippen LogP contribution in [0.25, 0.3) is 0 Å². The van der Waals surface area contributed by atoms with Crippen LogP contribution in [0.3, 0.4) is 0 Å². The molecule has 0 aliphatic heterocycles. The maximum absolute atomic E-state index is 11.8. The maximum atomic E-state index is 11.8. The van der Waals surface area contributed by atoms with Gasteiger partial charge in [-0.25, -0.2) is 0 Å². The number of thiazole rings is 1. The van der Waals surface area contributed by atoms with E-state index in [4.69, 9.17) is 0 Å². The zero-order valence-electron chi connectivity index (χ0n) is 10.6. The number of nitrogens with zero attached hydrogens (tertiary/aromatic N) is 2. The first kappa shape index (κ1) is 13.4. The van der Waals surface area contributed by atoms with Crippen LogP contribution in [-0.2, 0) is 11.8 Å². The smallest absolute Gasteiger partial charge is 0.248 e. The summed E-state index contributed by atoms with van der Waals surface area (Å²) in [6, 6.07) is 8.98. The lowest BCUT2D eigenvalue weighted by Crippen LogP contribution is -2.13. The van der Waals surface area contributed by atoms with E-state index in [0.29, 0.717) is 10.4 Å². The van der Waals surface area contributed by atoms with Crippen molar-refractivity contribution in [2.75, 3.05) is 0 Å². The highest BCUT2D eigenvalue weighted by molar-refractivity contribution is 7.07. The van der Waals surface area contributed by atoms with Gasteiger partial charge in [-0.15, -0.1) is 11.3 Å². The van der Waals surface area contributed by atoms with Gasteiger partial charge in [0.1, 0.15) is 0 Å². The average Bonchev–Trinajstić information content (AvgIpc) is 2.82. The fraction of sp³-hybridized carbons (Fsp3) is 0.214. The second kappa shape index (κ2) is 6.24. The number of ketones is 1. The fourth-order valence-electron chi connectivity index (χ4n) is 1.59. The maximum Gasteiger partial charge on any atom is 0.248 e. The molecule has 0 unspecified atom stereocenters. The monoisotopic (exact) mass is 274 g/mol. The van der Waals surface area contributed by atoms with Crippen LogP contribution in [0.2, 0.25) is 0 Å². The summed E-state index contributed by atoms with van der Waals surface area (Å²) in [4.78, 5) is 28.1. The molecule has 0 atom stereocenters. The summed E-state index contributed by atoms with van der Waals surface area (Å²) >= 11 is 1.40. The summed E-state index contributed by atoms with van der Waals surface area (Å²) < 4.78 is 1.78. The molecule has 0 aliphatic rings. The fourth-order valence-corrected chi connectivity index (χ4v) is 2.33. The summed E-state index contributed by atoms with van der Waals surface area (Å²) in [5.41, 5.74) is 0.636. The largest absolute Gasteiger partial charge is 0.327 e. The third kappa shape index (κ3) is 3.72.